The minimum absolute atomic E-state index is 0.0276. The van der Waals surface area contributed by atoms with Crippen LogP contribution in [0, 0.1) is 5.92 Å². The summed E-state index contributed by atoms with van der Waals surface area (Å²) in [5, 5.41) is 5.26. The van der Waals surface area contributed by atoms with E-state index < -0.39 is 0 Å². The van der Waals surface area contributed by atoms with E-state index >= 15 is 0 Å². The van der Waals surface area contributed by atoms with Gasteiger partial charge in [-0.15, -0.1) is 22.9 Å². The topological polar surface area (TPSA) is 42.0 Å². The lowest BCUT2D eigenvalue weighted by Crippen LogP contribution is -2.14. The number of aromatic nitrogens is 1. The van der Waals surface area contributed by atoms with Crippen molar-refractivity contribution in [2.75, 3.05) is 5.32 Å². The zero-order chi connectivity index (χ0) is 11.3. The molecule has 1 aromatic heterocycles. The molecule has 1 unspecified atom stereocenters. The van der Waals surface area contributed by atoms with Gasteiger partial charge in [0.1, 0.15) is 0 Å². The Hall–Kier alpha value is -0.610. The lowest BCUT2D eigenvalue weighted by atomic mass is 10.1. The molecule has 0 saturated heterocycles. The maximum atomic E-state index is 11.5. The molecule has 1 atom stereocenters. The standard InChI is InChI=1S/C10H15ClN2OS/c1-3-7(2)4-9(14)13-10-12-8(5-11)6-15-10/h6-7H,3-5H2,1-2H3,(H,12,13,14). The third-order valence-corrected chi connectivity index (χ3v) is 3.25. The monoisotopic (exact) mass is 246 g/mol. The summed E-state index contributed by atoms with van der Waals surface area (Å²) < 4.78 is 0. The van der Waals surface area contributed by atoms with Gasteiger partial charge in [0, 0.05) is 11.8 Å². The number of anilines is 1. The molecule has 0 saturated carbocycles. The molecule has 0 aliphatic rings. The number of hydrogen-bond donors (Lipinski definition) is 1. The largest absolute Gasteiger partial charge is 0.302 e. The average Bonchev–Trinajstić information content (AvgIpc) is 2.65. The molecule has 0 fully saturated rings. The zero-order valence-corrected chi connectivity index (χ0v) is 10.5. The molecule has 0 bridgehead atoms. The number of nitrogens with one attached hydrogen (secondary N) is 1. The van der Waals surface area contributed by atoms with Crippen LogP contribution in [0.3, 0.4) is 0 Å². The van der Waals surface area contributed by atoms with E-state index in [2.05, 4.69) is 24.1 Å². The fourth-order valence-corrected chi connectivity index (χ4v) is 2.01. The fourth-order valence-electron chi connectivity index (χ4n) is 1.06. The molecular weight excluding hydrogens is 232 g/mol. The SMILES string of the molecule is CCC(C)CC(=O)Nc1nc(CCl)cs1. The van der Waals surface area contributed by atoms with E-state index in [-0.39, 0.29) is 5.91 Å². The van der Waals surface area contributed by atoms with Crippen LogP contribution in [0.4, 0.5) is 5.13 Å². The molecule has 1 N–H and O–H groups in total. The van der Waals surface area contributed by atoms with Crippen molar-refractivity contribution in [2.45, 2.75) is 32.6 Å². The van der Waals surface area contributed by atoms with Crippen molar-refractivity contribution in [1.29, 1.82) is 0 Å². The number of nitrogens with zero attached hydrogens (tertiary/aromatic N) is 1. The Kier molecular flexibility index (Phi) is 5.05. The molecule has 15 heavy (non-hydrogen) atoms. The molecule has 1 amide bonds. The lowest BCUT2D eigenvalue weighted by Gasteiger charge is -2.06. The Morgan fingerprint density at radius 2 is 2.47 bits per heavy atom. The summed E-state index contributed by atoms with van der Waals surface area (Å²) in [6.45, 7) is 4.14. The molecule has 1 heterocycles. The number of amides is 1. The van der Waals surface area contributed by atoms with E-state index in [4.69, 9.17) is 11.6 Å². The summed E-state index contributed by atoms with van der Waals surface area (Å²) in [6, 6.07) is 0. The summed E-state index contributed by atoms with van der Waals surface area (Å²) in [4.78, 5) is 15.7. The maximum absolute atomic E-state index is 11.5. The van der Waals surface area contributed by atoms with Gasteiger partial charge in [-0.3, -0.25) is 4.79 Å². The molecule has 5 heteroatoms. The van der Waals surface area contributed by atoms with E-state index in [0.717, 1.165) is 12.1 Å². The van der Waals surface area contributed by atoms with Crippen molar-refractivity contribution < 1.29 is 4.79 Å². The summed E-state index contributed by atoms with van der Waals surface area (Å²) in [7, 11) is 0. The second kappa shape index (κ2) is 6.08. The first kappa shape index (κ1) is 12.5. The second-order valence-electron chi connectivity index (χ2n) is 3.54. The van der Waals surface area contributed by atoms with Gasteiger partial charge in [0.15, 0.2) is 5.13 Å². The zero-order valence-electron chi connectivity index (χ0n) is 8.92. The Morgan fingerprint density at radius 3 is 3.00 bits per heavy atom. The van der Waals surface area contributed by atoms with Crippen molar-refractivity contribution in [1.82, 2.24) is 4.98 Å². The smallest absolute Gasteiger partial charge is 0.226 e. The minimum atomic E-state index is 0.0276. The molecule has 1 rings (SSSR count). The van der Waals surface area contributed by atoms with Crippen molar-refractivity contribution in [3.05, 3.63) is 11.1 Å². The van der Waals surface area contributed by atoms with E-state index in [1.54, 1.807) is 0 Å². The van der Waals surface area contributed by atoms with Crippen LogP contribution in [-0.2, 0) is 10.7 Å². The molecular formula is C10H15ClN2OS. The summed E-state index contributed by atoms with van der Waals surface area (Å²) >= 11 is 7.02. The Labute approximate surface area is 98.9 Å². The van der Waals surface area contributed by atoms with E-state index in [1.807, 2.05) is 5.38 Å². The van der Waals surface area contributed by atoms with E-state index in [0.29, 0.717) is 23.4 Å². The molecule has 0 aliphatic carbocycles. The van der Waals surface area contributed by atoms with Gasteiger partial charge in [-0.1, -0.05) is 20.3 Å². The van der Waals surface area contributed by atoms with Gasteiger partial charge in [0.05, 0.1) is 11.6 Å². The first-order valence-electron chi connectivity index (χ1n) is 4.96. The van der Waals surface area contributed by atoms with Crippen LogP contribution in [0.2, 0.25) is 0 Å². The number of carbonyl (C=O) groups excluding carboxylic acids is 1. The normalized spacial score (nSPS) is 12.5. The molecule has 3 nitrogen and oxygen atoms in total. The van der Waals surface area contributed by atoms with Crippen molar-refractivity contribution in [3.63, 3.8) is 0 Å². The van der Waals surface area contributed by atoms with Crippen molar-refractivity contribution in [2.24, 2.45) is 5.92 Å². The van der Waals surface area contributed by atoms with Gasteiger partial charge in [0.2, 0.25) is 5.91 Å². The van der Waals surface area contributed by atoms with Gasteiger partial charge >= 0.3 is 0 Å². The van der Waals surface area contributed by atoms with Gasteiger partial charge in [0.25, 0.3) is 0 Å². The maximum Gasteiger partial charge on any atom is 0.226 e. The first-order chi connectivity index (χ1) is 7.15. The van der Waals surface area contributed by atoms with Crippen molar-refractivity contribution in [3.8, 4) is 0 Å². The Morgan fingerprint density at radius 1 is 1.73 bits per heavy atom. The molecule has 0 aromatic carbocycles. The van der Waals surface area contributed by atoms with E-state index in [1.165, 1.54) is 11.3 Å². The van der Waals surface area contributed by atoms with Gasteiger partial charge in [-0.05, 0) is 5.92 Å². The fraction of sp³-hybridized carbons (Fsp3) is 0.600. The number of alkyl halides is 1. The van der Waals surface area contributed by atoms with Crippen LogP contribution in [0.15, 0.2) is 5.38 Å². The predicted molar refractivity (Wildman–Crippen MR) is 64.4 cm³/mol. The van der Waals surface area contributed by atoms with E-state index in [9.17, 15) is 4.79 Å². The molecule has 0 spiro atoms. The summed E-state index contributed by atoms with van der Waals surface area (Å²) in [6.07, 6.45) is 1.56. The first-order valence-corrected chi connectivity index (χ1v) is 6.37. The van der Waals surface area contributed by atoms with Crippen molar-refractivity contribution >= 4 is 34.0 Å². The quantitative estimate of drug-likeness (QED) is 0.811. The highest BCUT2D eigenvalue weighted by Crippen LogP contribution is 2.17. The van der Waals surface area contributed by atoms with Crippen LogP contribution in [-0.4, -0.2) is 10.9 Å². The predicted octanol–water partition coefficient (Wildman–Crippen LogP) is 3.26. The molecule has 0 aliphatic heterocycles. The van der Waals surface area contributed by atoms with Crippen LogP contribution >= 0.6 is 22.9 Å². The molecule has 84 valence electrons. The molecule has 0 radical (unpaired) electrons. The minimum Gasteiger partial charge on any atom is -0.302 e. The average molecular weight is 247 g/mol. The Bertz CT molecular complexity index is 327. The van der Waals surface area contributed by atoms with Crippen LogP contribution in [0.1, 0.15) is 32.4 Å². The summed E-state index contributed by atoms with van der Waals surface area (Å²) in [5.74, 6) is 0.829. The highest BCUT2D eigenvalue weighted by Gasteiger charge is 2.09. The third-order valence-electron chi connectivity index (χ3n) is 2.17. The third kappa shape index (κ3) is 4.18. The Balaban J connectivity index is 2.44. The highest BCUT2D eigenvalue weighted by molar-refractivity contribution is 7.13. The van der Waals surface area contributed by atoms with Crippen LogP contribution < -0.4 is 5.32 Å². The summed E-state index contributed by atoms with van der Waals surface area (Å²) in [5.41, 5.74) is 0.806. The van der Waals surface area contributed by atoms with Crippen LogP contribution in [0.5, 0.6) is 0 Å². The second-order valence-corrected chi connectivity index (χ2v) is 4.67. The number of carbonyl (C=O) groups is 1. The van der Waals surface area contributed by atoms with Gasteiger partial charge < -0.3 is 5.32 Å². The number of hydrogen-bond acceptors (Lipinski definition) is 3. The number of halogens is 1. The van der Waals surface area contributed by atoms with Gasteiger partial charge in [-0.2, -0.15) is 0 Å². The van der Waals surface area contributed by atoms with Gasteiger partial charge in [-0.25, -0.2) is 4.98 Å². The number of thiazole rings is 1. The lowest BCUT2D eigenvalue weighted by molar-refractivity contribution is -0.117. The van der Waals surface area contributed by atoms with Crippen LogP contribution in [0.25, 0.3) is 0 Å². The number of rotatable bonds is 5. The molecule has 1 aromatic rings. The highest BCUT2D eigenvalue weighted by atomic mass is 35.5.